The number of thiophene rings is 1. The second-order valence-corrected chi connectivity index (χ2v) is 8.84. The number of benzene rings is 1. The fraction of sp³-hybridized carbons (Fsp3) is 0.273. The SMILES string of the molecule is N#Cc1cccc(NC(=S)N[C@@H]2CO[C@@H]3[C@@H]2OC[C@@H]3Nc2nccc(-c3cccs3)n2)c1. The number of thiocarbonyl (C=S) groups is 1. The van der Waals surface area contributed by atoms with Crippen molar-refractivity contribution in [2.24, 2.45) is 0 Å². The van der Waals surface area contributed by atoms with Gasteiger partial charge >= 0.3 is 0 Å². The summed E-state index contributed by atoms with van der Waals surface area (Å²) in [6.07, 6.45) is 1.48. The number of rotatable bonds is 5. The van der Waals surface area contributed by atoms with Crippen molar-refractivity contribution in [2.75, 3.05) is 23.8 Å². The molecule has 3 aromatic rings. The van der Waals surface area contributed by atoms with Crippen LogP contribution in [0.2, 0.25) is 0 Å². The van der Waals surface area contributed by atoms with Crippen LogP contribution in [0.3, 0.4) is 0 Å². The molecule has 10 heteroatoms. The van der Waals surface area contributed by atoms with Crippen molar-refractivity contribution >= 4 is 40.3 Å². The van der Waals surface area contributed by atoms with Gasteiger partial charge in [-0.15, -0.1) is 11.3 Å². The zero-order chi connectivity index (χ0) is 21.9. The van der Waals surface area contributed by atoms with Gasteiger partial charge < -0.3 is 25.4 Å². The van der Waals surface area contributed by atoms with E-state index in [0.29, 0.717) is 29.8 Å². The lowest BCUT2D eigenvalue weighted by molar-refractivity contribution is 0.0689. The van der Waals surface area contributed by atoms with Crippen LogP contribution in [0, 0.1) is 11.3 Å². The molecule has 0 amide bonds. The molecule has 2 fully saturated rings. The predicted octanol–water partition coefficient (Wildman–Crippen LogP) is 3.01. The van der Waals surface area contributed by atoms with Crippen molar-refractivity contribution in [3.8, 4) is 16.6 Å². The summed E-state index contributed by atoms with van der Waals surface area (Å²) >= 11 is 7.09. The zero-order valence-electron chi connectivity index (χ0n) is 16.9. The highest BCUT2D eigenvalue weighted by Crippen LogP contribution is 2.29. The number of anilines is 2. The second kappa shape index (κ2) is 9.18. The van der Waals surface area contributed by atoms with Crippen molar-refractivity contribution in [2.45, 2.75) is 24.3 Å². The normalized spacial score (nSPS) is 23.8. The van der Waals surface area contributed by atoms with Crippen molar-refractivity contribution < 1.29 is 9.47 Å². The van der Waals surface area contributed by atoms with E-state index in [4.69, 9.17) is 27.0 Å². The van der Waals surface area contributed by atoms with E-state index in [0.717, 1.165) is 16.3 Å². The first-order valence-corrected chi connectivity index (χ1v) is 11.4. The number of nitrogens with zero attached hydrogens (tertiary/aromatic N) is 3. The third-order valence-corrected chi connectivity index (χ3v) is 6.48. The smallest absolute Gasteiger partial charge is 0.223 e. The number of hydrogen-bond donors (Lipinski definition) is 3. The Kier molecular flexibility index (Phi) is 5.96. The van der Waals surface area contributed by atoms with Crippen molar-refractivity contribution in [3.05, 3.63) is 59.6 Å². The fourth-order valence-corrected chi connectivity index (χ4v) is 4.87. The molecule has 0 spiro atoms. The minimum Gasteiger partial charge on any atom is -0.371 e. The van der Waals surface area contributed by atoms with Crippen LogP contribution < -0.4 is 16.0 Å². The van der Waals surface area contributed by atoms with E-state index < -0.39 is 0 Å². The van der Waals surface area contributed by atoms with E-state index >= 15 is 0 Å². The van der Waals surface area contributed by atoms with Gasteiger partial charge in [0.25, 0.3) is 0 Å². The summed E-state index contributed by atoms with van der Waals surface area (Å²) in [4.78, 5) is 10.1. The Balaban J connectivity index is 1.19. The first kappa shape index (κ1) is 20.8. The minimum absolute atomic E-state index is 0.0563. The first-order chi connectivity index (χ1) is 15.7. The Morgan fingerprint density at radius 1 is 1.12 bits per heavy atom. The van der Waals surface area contributed by atoms with E-state index in [1.54, 1.807) is 29.7 Å². The highest BCUT2D eigenvalue weighted by molar-refractivity contribution is 7.80. The van der Waals surface area contributed by atoms with E-state index in [2.05, 4.69) is 32.0 Å². The maximum absolute atomic E-state index is 9.05. The van der Waals surface area contributed by atoms with Crippen molar-refractivity contribution in [1.29, 1.82) is 5.26 Å². The number of aromatic nitrogens is 2. The number of hydrogen-bond acceptors (Lipinski definition) is 8. The Labute approximate surface area is 194 Å². The van der Waals surface area contributed by atoms with E-state index in [1.807, 2.05) is 35.7 Å². The fourth-order valence-electron chi connectivity index (χ4n) is 3.90. The summed E-state index contributed by atoms with van der Waals surface area (Å²) in [6, 6.07) is 15.1. The monoisotopic (exact) mass is 464 g/mol. The third kappa shape index (κ3) is 4.42. The van der Waals surface area contributed by atoms with Gasteiger partial charge in [0.1, 0.15) is 12.2 Å². The molecule has 2 saturated heterocycles. The molecule has 4 heterocycles. The van der Waals surface area contributed by atoms with Gasteiger partial charge in [-0.3, -0.25) is 0 Å². The van der Waals surface area contributed by atoms with E-state index in [1.165, 1.54) is 0 Å². The summed E-state index contributed by atoms with van der Waals surface area (Å²) in [5, 5.41) is 21.3. The molecule has 8 nitrogen and oxygen atoms in total. The molecule has 5 rings (SSSR count). The van der Waals surface area contributed by atoms with Gasteiger partial charge in [-0.2, -0.15) is 5.26 Å². The van der Waals surface area contributed by atoms with Gasteiger partial charge in [0.05, 0.1) is 47.5 Å². The quantitative estimate of drug-likeness (QED) is 0.492. The Hall–Kier alpha value is -3.10. The zero-order valence-corrected chi connectivity index (χ0v) is 18.5. The molecule has 0 aliphatic carbocycles. The predicted molar refractivity (Wildman–Crippen MR) is 127 cm³/mol. The van der Waals surface area contributed by atoms with Crippen LogP contribution in [-0.4, -0.2) is 52.6 Å². The molecule has 2 aromatic heterocycles. The molecule has 2 aliphatic heterocycles. The van der Waals surface area contributed by atoms with Crippen LogP contribution in [0.25, 0.3) is 10.6 Å². The summed E-state index contributed by atoms with van der Waals surface area (Å²) in [5.41, 5.74) is 2.21. The second-order valence-electron chi connectivity index (χ2n) is 7.49. The van der Waals surface area contributed by atoms with Crippen LogP contribution >= 0.6 is 23.6 Å². The average molecular weight is 465 g/mol. The highest BCUT2D eigenvalue weighted by atomic mass is 32.1. The van der Waals surface area contributed by atoms with Gasteiger partial charge in [-0.25, -0.2) is 9.97 Å². The molecule has 0 bridgehead atoms. The van der Waals surface area contributed by atoms with Crippen LogP contribution in [-0.2, 0) is 9.47 Å². The maximum atomic E-state index is 9.05. The van der Waals surface area contributed by atoms with Crippen molar-refractivity contribution in [3.63, 3.8) is 0 Å². The van der Waals surface area contributed by atoms with Crippen LogP contribution in [0.15, 0.2) is 54.0 Å². The number of nitriles is 1. The topological polar surface area (TPSA) is 104 Å². The van der Waals surface area contributed by atoms with E-state index in [9.17, 15) is 0 Å². The first-order valence-electron chi connectivity index (χ1n) is 10.1. The maximum Gasteiger partial charge on any atom is 0.223 e. The van der Waals surface area contributed by atoms with Crippen LogP contribution in [0.5, 0.6) is 0 Å². The van der Waals surface area contributed by atoms with Gasteiger partial charge in [-0.1, -0.05) is 12.1 Å². The third-order valence-electron chi connectivity index (χ3n) is 5.36. The number of ether oxygens (including phenoxy) is 2. The molecule has 4 atom stereocenters. The van der Waals surface area contributed by atoms with Crippen LogP contribution in [0.1, 0.15) is 5.56 Å². The number of fused-ring (bicyclic) bond motifs is 1. The number of nitrogens with one attached hydrogen (secondary N) is 3. The largest absolute Gasteiger partial charge is 0.371 e. The lowest BCUT2D eigenvalue weighted by Crippen LogP contribution is -2.46. The summed E-state index contributed by atoms with van der Waals surface area (Å²) in [5.74, 6) is 0.555. The highest BCUT2D eigenvalue weighted by Gasteiger charge is 2.48. The standard InChI is InChI=1S/C22H20N6O2S2/c23-10-13-3-1-4-14(9-13)25-22(31)28-17-12-30-19-16(11-29-20(17)19)27-21-24-7-6-15(26-21)18-5-2-8-32-18/h1-9,16-17,19-20H,11-12H2,(H,24,26,27)(H2,25,28,31)/t16-,17+,19-,20+/m0/s1. The van der Waals surface area contributed by atoms with Gasteiger partial charge in [-0.05, 0) is 47.9 Å². The lowest BCUT2D eigenvalue weighted by Gasteiger charge is -2.20. The van der Waals surface area contributed by atoms with Gasteiger partial charge in [0.2, 0.25) is 5.95 Å². The molecule has 3 N–H and O–H groups in total. The lowest BCUT2D eigenvalue weighted by atomic mass is 10.1. The van der Waals surface area contributed by atoms with E-state index in [-0.39, 0.29) is 24.3 Å². The molecular formula is C22H20N6O2S2. The minimum atomic E-state index is -0.141. The molecular weight excluding hydrogens is 444 g/mol. The molecule has 162 valence electrons. The van der Waals surface area contributed by atoms with Crippen molar-refractivity contribution in [1.82, 2.24) is 15.3 Å². The van der Waals surface area contributed by atoms with Gasteiger partial charge in [0.15, 0.2) is 5.11 Å². The average Bonchev–Trinajstić information content (AvgIpc) is 3.55. The molecule has 32 heavy (non-hydrogen) atoms. The molecule has 1 aromatic carbocycles. The van der Waals surface area contributed by atoms with Gasteiger partial charge in [0, 0.05) is 11.9 Å². The summed E-state index contributed by atoms with van der Waals surface area (Å²) in [7, 11) is 0. The Morgan fingerprint density at radius 3 is 2.78 bits per heavy atom. The Bertz CT molecular complexity index is 1150. The molecule has 2 aliphatic rings. The van der Waals surface area contributed by atoms with Crippen LogP contribution in [0.4, 0.5) is 11.6 Å². The summed E-state index contributed by atoms with van der Waals surface area (Å²) in [6.45, 7) is 0.966. The Morgan fingerprint density at radius 2 is 1.97 bits per heavy atom. The molecule has 0 saturated carbocycles. The summed E-state index contributed by atoms with van der Waals surface area (Å²) < 4.78 is 12.1. The molecule has 0 unspecified atom stereocenters. The molecule has 0 radical (unpaired) electrons.